The maximum atomic E-state index is 3.77. The van der Waals surface area contributed by atoms with Gasteiger partial charge in [0, 0.05) is 0 Å². The van der Waals surface area contributed by atoms with Crippen LogP contribution >= 0.6 is 0 Å². The van der Waals surface area contributed by atoms with Crippen molar-refractivity contribution >= 4 is 20.5 Å². The van der Waals surface area contributed by atoms with Crippen molar-refractivity contribution in [1.82, 2.24) is 0 Å². The molecule has 17 heavy (non-hydrogen) atoms. The van der Waals surface area contributed by atoms with Gasteiger partial charge in [-0.15, -0.1) is 0 Å². The van der Waals surface area contributed by atoms with E-state index in [0.717, 1.165) is 0 Å². The van der Waals surface area contributed by atoms with Gasteiger partial charge < -0.3 is 0 Å². The molecule has 0 aliphatic heterocycles. The Morgan fingerprint density at radius 1 is 0.647 bits per heavy atom. The zero-order chi connectivity index (χ0) is 12.1. The fourth-order valence-corrected chi connectivity index (χ4v) is 4.75. The second-order valence-electron chi connectivity index (χ2n) is 4.07. The third kappa shape index (κ3) is 3.25. The molecule has 0 aromatic heterocycles. The molecule has 0 spiro atoms. The molecule has 0 nitrogen and oxygen atoms in total. The number of hydrogen-bond acceptors (Lipinski definition) is 0. The van der Waals surface area contributed by atoms with Gasteiger partial charge in [-0.1, -0.05) is 0 Å². The van der Waals surface area contributed by atoms with Gasteiger partial charge in [0.05, 0.1) is 0 Å². The standard InChI is InChI=1S/2C8H7.Zn/c2*1-2-8-6-4-3-5-7-8;/h2*2,4-7H,1H2;. The summed E-state index contributed by atoms with van der Waals surface area (Å²) >= 11 is -0.811. The summed E-state index contributed by atoms with van der Waals surface area (Å²) in [7, 11) is 0. The fourth-order valence-electron chi connectivity index (χ4n) is 1.78. The first kappa shape index (κ1) is 12.0. The van der Waals surface area contributed by atoms with E-state index in [9.17, 15) is 0 Å². The summed E-state index contributed by atoms with van der Waals surface area (Å²) in [6.07, 6.45) is 3.77. The zero-order valence-corrected chi connectivity index (χ0v) is 12.9. The Labute approximate surface area is 110 Å². The Balaban J connectivity index is 2.13. The second-order valence-corrected chi connectivity index (χ2v) is 8.24. The van der Waals surface area contributed by atoms with E-state index in [4.69, 9.17) is 0 Å². The van der Waals surface area contributed by atoms with Gasteiger partial charge in [-0.2, -0.15) is 0 Å². The van der Waals surface area contributed by atoms with Gasteiger partial charge in [-0.25, -0.2) is 0 Å². The minimum atomic E-state index is -0.811. The normalized spacial score (nSPS) is 9.41. The van der Waals surface area contributed by atoms with Crippen molar-refractivity contribution in [3.63, 3.8) is 0 Å². The summed E-state index contributed by atoms with van der Waals surface area (Å²) < 4.78 is 3.02. The molecule has 1 heteroatoms. The molecule has 0 fully saturated rings. The van der Waals surface area contributed by atoms with Crippen molar-refractivity contribution in [2.24, 2.45) is 0 Å². The minimum absolute atomic E-state index is 0.811. The summed E-state index contributed by atoms with van der Waals surface area (Å²) in [5, 5.41) is 0. The van der Waals surface area contributed by atoms with E-state index in [0.29, 0.717) is 0 Å². The number of rotatable bonds is 4. The fraction of sp³-hybridized carbons (Fsp3) is 0. The Bertz CT molecular complexity index is 457. The monoisotopic (exact) mass is 270 g/mol. The van der Waals surface area contributed by atoms with Crippen LogP contribution in [-0.4, -0.2) is 0 Å². The molecule has 0 aliphatic rings. The predicted molar refractivity (Wildman–Crippen MR) is 72.3 cm³/mol. The van der Waals surface area contributed by atoms with E-state index in [1.54, 1.807) is 0 Å². The average Bonchev–Trinajstić information content (AvgIpc) is 2.40. The summed E-state index contributed by atoms with van der Waals surface area (Å²) in [4.78, 5) is 0. The Morgan fingerprint density at radius 3 is 1.29 bits per heavy atom. The van der Waals surface area contributed by atoms with Crippen molar-refractivity contribution in [2.75, 3.05) is 0 Å². The summed E-state index contributed by atoms with van der Waals surface area (Å²) in [5.41, 5.74) is 2.39. The maximum absolute atomic E-state index is 3.77. The molecular formula is C16H14Zn. The van der Waals surface area contributed by atoms with Crippen LogP contribution in [0.5, 0.6) is 0 Å². The van der Waals surface area contributed by atoms with Crippen molar-refractivity contribution in [3.05, 3.63) is 72.8 Å². The molecule has 0 unspecified atom stereocenters. The molecule has 2 aromatic rings. The van der Waals surface area contributed by atoms with Crippen LogP contribution in [0.2, 0.25) is 0 Å². The first-order valence-electron chi connectivity index (χ1n) is 5.74. The van der Waals surface area contributed by atoms with Crippen LogP contribution in [0, 0.1) is 0 Å². The van der Waals surface area contributed by atoms with Gasteiger partial charge in [0.2, 0.25) is 0 Å². The zero-order valence-electron chi connectivity index (χ0n) is 9.89. The van der Waals surface area contributed by atoms with Gasteiger partial charge in [-0.05, 0) is 0 Å². The molecule has 0 aliphatic carbocycles. The second kappa shape index (κ2) is 5.75. The SMILES string of the molecule is C=Cc1cc[c]([Zn][c]2ccc(C=C)cc2)cc1. The van der Waals surface area contributed by atoms with E-state index in [2.05, 4.69) is 61.7 Å². The van der Waals surface area contributed by atoms with Crippen LogP contribution in [0.1, 0.15) is 11.1 Å². The molecule has 2 aromatic carbocycles. The Morgan fingerprint density at radius 2 is 1.00 bits per heavy atom. The van der Waals surface area contributed by atoms with E-state index in [-0.39, 0.29) is 0 Å². The average molecular weight is 272 g/mol. The summed E-state index contributed by atoms with van der Waals surface area (Å²) in [6, 6.07) is 17.5. The quantitative estimate of drug-likeness (QED) is 0.750. The van der Waals surface area contributed by atoms with Gasteiger partial charge in [0.15, 0.2) is 0 Å². The molecule has 80 valence electrons. The molecule has 0 amide bonds. The van der Waals surface area contributed by atoms with Crippen LogP contribution in [0.3, 0.4) is 0 Å². The first-order chi connectivity index (χ1) is 8.31. The molecular weight excluding hydrogens is 258 g/mol. The van der Waals surface area contributed by atoms with Crippen molar-refractivity contribution in [1.29, 1.82) is 0 Å². The van der Waals surface area contributed by atoms with Crippen LogP contribution in [0.15, 0.2) is 61.7 Å². The molecule has 0 saturated carbocycles. The predicted octanol–water partition coefficient (Wildman–Crippen LogP) is 3.01. The Hall–Kier alpha value is -1.46. The van der Waals surface area contributed by atoms with Crippen molar-refractivity contribution in [2.45, 2.75) is 0 Å². The van der Waals surface area contributed by atoms with Crippen LogP contribution in [0.25, 0.3) is 12.2 Å². The van der Waals surface area contributed by atoms with E-state index in [1.165, 1.54) is 19.4 Å². The topological polar surface area (TPSA) is 0 Å². The van der Waals surface area contributed by atoms with Gasteiger partial charge >= 0.3 is 110 Å². The summed E-state index contributed by atoms with van der Waals surface area (Å²) in [6.45, 7) is 7.54. The molecule has 0 atom stereocenters. The first-order valence-corrected chi connectivity index (χ1v) is 8.71. The van der Waals surface area contributed by atoms with Gasteiger partial charge in [0.25, 0.3) is 0 Å². The molecule has 0 bridgehead atoms. The van der Waals surface area contributed by atoms with Crippen LogP contribution in [-0.2, 0) is 17.1 Å². The van der Waals surface area contributed by atoms with Crippen LogP contribution in [0.4, 0.5) is 0 Å². The van der Waals surface area contributed by atoms with Crippen LogP contribution < -0.4 is 8.32 Å². The third-order valence-electron chi connectivity index (χ3n) is 2.84. The van der Waals surface area contributed by atoms with Gasteiger partial charge in [0.1, 0.15) is 0 Å². The van der Waals surface area contributed by atoms with Crippen molar-refractivity contribution in [3.8, 4) is 0 Å². The molecule has 2 rings (SSSR count). The van der Waals surface area contributed by atoms with E-state index in [1.807, 2.05) is 12.2 Å². The van der Waals surface area contributed by atoms with E-state index < -0.39 is 17.1 Å². The number of hydrogen-bond donors (Lipinski definition) is 0. The molecule has 0 saturated heterocycles. The van der Waals surface area contributed by atoms with Gasteiger partial charge in [-0.3, -0.25) is 0 Å². The third-order valence-corrected chi connectivity index (χ3v) is 6.53. The summed E-state index contributed by atoms with van der Waals surface area (Å²) in [5.74, 6) is 0. The molecule has 0 radical (unpaired) electrons. The Kier molecular flexibility index (Phi) is 4.06. The van der Waals surface area contributed by atoms with E-state index >= 15 is 0 Å². The molecule has 0 heterocycles. The molecule has 0 N–H and O–H groups in total. The van der Waals surface area contributed by atoms with Crippen molar-refractivity contribution < 1.29 is 17.1 Å². The number of benzene rings is 2.